The summed E-state index contributed by atoms with van der Waals surface area (Å²) in [6, 6.07) is 2.61. The van der Waals surface area contributed by atoms with Gasteiger partial charge in [-0.2, -0.15) is 0 Å². The molecular formula is C38H41NO11. The van der Waals surface area contributed by atoms with Crippen molar-refractivity contribution in [3.05, 3.63) is 54.8 Å². The quantitative estimate of drug-likeness (QED) is 0.0537. The van der Waals surface area contributed by atoms with Gasteiger partial charge >= 0.3 is 0 Å². The molecule has 1 aliphatic rings. The molecule has 1 atom stereocenters. The summed E-state index contributed by atoms with van der Waals surface area (Å²) in [7, 11) is 4.31. The maximum absolute atomic E-state index is 14.0. The monoisotopic (exact) mass is 687 g/mol. The van der Waals surface area contributed by atoms with Crippen LogP contribution in [-0.2, 0) is 15.9 Å². The molecule has 0 aliphatic heterocycles. The van der Waals surface area contributed by atoms with Gasteiger partial charge in [0.25, 0.3) is 0 Å². The molecule has 0 bridgehead atoms. The van der Waals surface area contributed by atoms with Gasteiger partial charge in [0.15, 0.2) is 22.4 Å². The molecule has 0 amide bonds. The number of aliphatic imine (C=N–C) groups is 1. The van der Waals surface area contributed by atoms with Crippen molar-refractivity contribution in [3.63, 3.8) is 0 Å². The number of fused-ring (bicyclic) bond motifs is 1. The van der Waals surface area contributed by atoms with E-state index in [9.17, 15) is 24.9 Å². The molecule has 5 aromatic rings. The van der Waals surface area contributed by atoms with E-state index < -0.39 is 16.8 Å². The van der Waals surface area contributed by atoms with Crippen LogP contribution in [0.3, 0.4) is 0 Å². The van der Waals surface area contributed by atoms with E-state index in [1.54, 1.807) is 0 Å². The lowest BCUT2D eigenvalue weighted by molar-refractivity contribution is 0.0908. The number of aliphatic hydroxyl groups is 2. The summed E-state index contributed by atoms with van der Waals surface area (Å²) in [5.74, 6) is -0.569. The summed E-state index contributed by atoms with van der Waals surface area (Å²) < 4.78 is 28.6. The Morgan fingerprint density at radius 2 is 1.32 bits per heavy atom. The smallest absolute Gasteiger partial charge is 0.194 e. The molecule has 0 saturated heterocycles. The average molecular weight is 688 g/mol. The molecule has 4 N–H and O–H groups in total. The highest BCUT2D eigenvalue weighted by atomic mass is 16.5. The second-order valence-electron chi connectivity index (χ2n) is 12.3. The minimum Gasteiger partial charge on any atom is -0.507 e. The van der Waals surface area contributed by atoms with Crippen LogP contribution in [0.5, 0.6) is 28.7 Å². The first-order valence-corrected chi connectivity index (χ1v) is 16.5. The molecule has 0 fully saturated rings. The largest absolute Gasteiger partial charge is 0.507 e. The predicted octanol–water partition coefficient (Wildman–Crippen LogP) is 4.24. The van der Waals surface area contributed by atoms with Crippen molar-refractivity contribution in [3.8, 4) is 28.7 Å². The lowest BCUT2D eigenvalue weighted by Gasteiger charge is -2.26. The van der Waals surface area contributed by atoms with Gasteiger partial charge in [0, 0.05) is 63.0 Å². The third-order valence-electron chi connectivity index (χ3n) is 9.55. The molecule has 0 spiro atoms. The van der Waals surface area contributed by atoms with E-state index in [1.165, 1.54) is 33.5 Å². The Balaban J connectivity index is 1.88. The van der Waals surface area contributed by atoms with Crippen LogP contribution < -0.4 is 25.1 Å². The van der Waals surface area contributed by atoms with E-state index in [0.29, 0.717) is 80.7 Å². The highest BCUT2D eigenvalue weighted by Crippen LogP contribution is 2.57. The van der Waals surface area contributed by atoms with Gasteiger partial charge in [-0.25, -0.2) is 0 Å². The Labute approximate surface area is 287 Å². The highest BCUT2D eigenvalue weighted by molar-refractivity contribution is 6.39. The zero-order valence-corrected chi connectivity index (χ0v) is 28.8. The lowest BCUT2D eigenvalue weighted by Crippen LogP contribution is -2.15. The van der Waals surface area contributed by atoms with Crippen molar-refractivity contribution in [1.82, 2.24) is 0 Å². The Morgan fingerprint density at radius 3 is 1.90 bits per heavy atom. The Bertz CT molecular complexity index is 2280. The standard InChI is InChI=1S/C38H41NO11/c1-18-15-21-20(7-6-11-49-13-9-40)36(44)28-22(42)16-24(46-3)30-31-25(47-4)17-23(43)29-34(31)33(27(21)32(28)30)35(38(48-5)37(29)45)26(18)19(2)39-8-12-50-14-10-41/h15-17,26,40-41,44-45H,6-14H2,1-5H3. The molecule has 12 nitrogen and oxygen atoms in total. The zero-order valence-electron chi connectivity index (χ0n) is 28.8. The van der Waals surface area contributed by atoms with Crippen LogP contribution in [0.15, 0.2) is 32.3 Å². The molecule has 5 aromatic carbocycles. The second kappa shape index (κ2) is 14.2. The molecule has 6 rings (SSSR count). The van der Waals surface area contributed by atoms with Crippen molar-refractivity contribution in [2.75, 3.05) is 67.5 Å². The summed E-state index contributed by atoms with van der Waals surface area (Å²) in [5, 5.41) is 45.3. The van der Waals surface area contributed by atoms with Crippen LogP contribution in [0.2, 0.25) is 0 Å². The minimum atomic E-state index is -0.577. The first-order chi connectivity index (χ1) is 24.2. The fourth-order valence-electron chi connectivity index (χ4n) is 7.66. The Morgan fingerprint density at radius 1 is 0.740 bits per heavy atom. The number of aromatic hydroxyl groups is 2. The van der Waals surface area contributed by atoms with Crippen LogP contribution in [0.1, 0.15) is 42.9 Å². The number of nitrogens with zero attached hydrogens (tertiary/aromatic N) is 1. The van der Waals surface area contributed by atoms with Gasteiger partial charge in [-0.3, -0.25) is 14.6 Å². The molecule has 50 heavy (non-hydrogen) atoms. The maximum Gasteiger partial charge on any atom is 0.194 e. The number of benzene rings is 5. The topological polar surface area (TPSA) is 174 Å². The second-order valence-corrected chi connectivity index (χ2v) is 12.3. The molecule has 0 aromatic heterocycles. The van der Waals surface area contributed by atoms with Crippen LogP contribution in [0.25, 0.3) is 49.2 Å². The molecule has 12 heteroatoms. The van der Waals surface area contributed by atoms with E-state index in [1.807, 2.05) is 19.9 Å². The van der Waals surface area contributed by atoms with E-state index in [4.69, 9.17) is 33.8 Å². The molecule has 0 heterocycles. The first-order valence-electron chi connectivity index (χ1n) is 16.5. The maximum atomic E-state index is 14.0. The predicted molar refractivity (Wildman–Crippen MR) is 193 cm³/mol. The summed E-state index contributed by atoms with van der Waals surface area (Å²) >= 11 is 0. The van der Waals surface area contributed by atoms with Crippen LogP contribution in [0.4, 0.5) is 0 Å². The summed E-state index contributed by atoms with van der Waals surface area (Å²) in [6.45, 7) is 4.80. The zero-order chi connectivity index (χ0) is 35.9. The molecule has 0 radical (unpaired) electrons. The molecule has 264 valence electrons. The van der Waals surface area contributed by atoms with E-state index in [0.717, 1.165) is 5.57 Å². The fraction of sp³-hybridized carbons (Fsp3) is 0.395. The minimum absolute atomic E-state index is 0.0201. The van der Waals surface area contributed by atoms with Crippen molar-refractivity contribution in [1.29, 1.82) is 0 Å². The number of phenols is 2. The Kier molecular flexibility index (Phi) is 9.99. The fourth-order valence-corrected chi connectivity index (χ4v) is 7.66. The van der Waals surface area contributed by atoms with Gasteiger partial charge in [-0.1, -0.05) is 11.6 Å². The Hall–Kier alpha value is -4.75. The van der Waals surface area contributed by atoms with Gasteiger partial charge in [0.2, 0.25) is 0 Å². The van der Waals surface area contributed by atoms with Gasteiger partial charge in [0.05, 0.1) is 71.7 Å². The summed E-state index contributed by atoms with van der Waals surface area (Å²) in [4.78, 5) is 32.7. The van der Waals surface area contributed by atoms with Crippen molar-refractivity contribution >= 4 is 54.9 Å². The number of hydrogen-bond acceptors (Lipinski definition) is 12. The van der Waals surface area contributed by atoms with Crippen LogP contribution in [-0.4, -0.2) is 93.7 Å². The van der Waals surface area contributed by atoms with Crippen molar-refractivity contribution < 1.29 is 44.1 Å². The first kappa shape index (κ1) is 35.1. The molecule has 1 aliphatic carbocycles. The van der Waals surface area contributed by atoms with Gasteiger partial charge in [-0.05, 0) is 43.0 Å². The number of ether oxygens (including phenoxy) is 5. The number of hydrogen-bond donors (Lipinski definition) is 4. The lowest BCUT2D eigenvalue weighted by atomic mass is 9.80. The van der Waals surface area contributed by atoms with Crippen molar-refractivity contribution in [2.45, 2.75) is 32.6 Å². The molecule has 1 unspecified atom stereocenters. The molecular weight excluding hydrogens is 646 g/mol. The molecule has 0 saturated carbocycles. The van der Waals surface area contributed by atoms with Gasteiger partial charge in [-0.15, -0.1) is 0 Å². The third kappa shape index (κ3) is 5.43. The summed E-state index contributed by atoms with van der Waals surface area (Å²) in [6.07, 6.45) is 2.76. The average Bonchev–Trinajstić information content (AvgIpc) is 3.23. The number of phenolic OH excluding ortho intramolecular Hbond substituents is 2. The third-order valence-corrected chi connectivity index (χ3v) is 9.55. The van der Waals surface area contributed by atoms with Gasteiger partial charge < -0.3 is 44.1 Å². The number of rotatable bonds is 15. The number of allylic oxidation sites excluding steroid dienone is 1. The van der Waals surface area contributed by atoms with E-state index in [2.05, 4.69) is 0 Å². The number of aliphatic hydroxyl groups excluding tert-OH is 2. The van der Waals surface area contributed by atoms with Crippen LogP contribution >= 0.6 is 0 Å². The normalized spacial score (nSPS) is 14.7. The van der Waals surface area contributed by atoms with E-state index >= 15 is 0 Å². The van der Waals surface area contributed by atoms with Crippen LogP contribution in [0, 0.1) is 0 Å². The SMILES string of the molecule is COc1c(O)c2c(=O)cc(OC)c3c4c(OC)cc(=O)c5c(O)c(CCCOCCO)c6c(c(c1C(C(C)=NCCOCCO)C(C)=C6)c23)c54. The highest BCUT2D eigenvalue weighted by Gasteiger charge is 2.36. The number of methoxy groups -OCH3 is 3. The van der Waals surface area contributed by atoms with Crippen molar-refractivity contribution in [2.24, 2.45) is 4.99 Å². The summed E-state index contributed by atoms with van der Waals surface area (Å²) in [5.41, 5.74) is 2.23. The van der Waals surface area contributed by atoms with E-state index in [-0.39, 0.29) is 72.6 Å². The van der Waals surface area contributed by atoms with Gasteiger partial charge in [0.1, 0.15) is 17.2 Å².